The fraction of sp³-hybridized carbons (Fsp3) is 0.438. The molecule has 1 rings (SSSR count). The molecule has 0 fully saturated rings. The molecule has 22 heavy (non-hydrogen) atoms. The fourth-order valence-electron chi connectivity index (χ4n) is 1.51. The largest absolute Gasteiger partial charge is 0.493 e. The first kappa shape index (κ1) is 17.7. The van der Waals surface area contributed by atoms with Crippen LogP contribution < -0.4 is 4.74 Å². The van der Waals surface area contributed by atoms with E-state index in [-0.39, 0.29) is 24.6 Å². The molecule has 0 unspecified atom stereocenters. The molecule has 1 N–H and O–H groups in total. The van der Waals surface area contributed by atoms with Crippen molar-refractivity contribution in [3.63, 3.8) is 0 Å². The van der Waals surface area contributed by atoms with E-state index in [1.54, 1.807) is 0 Å². The summed E-state index contributed by atoms with van der Waals surface area (Å²) in [4.78, 5) is 33.4. The zero-order chi connectivity index (χ0) is 16.8. The molecule has 0 spiro atoms. The van der Waals surface area contributed by atoms with Gasteiger partial charge in [-0.25, -0.2) is 4.79 Å². The van der Waals surface area contributed by atoms with Gasteiger partial charge in [-0.3, -0.25) is 9.59 Å². The first-order chi connectivity index (χ1) is 10.2. The number of esters is 1. The molecular formula is C16H20O6. The van der Waals surface area contributed by atoms with Gasteiger partial charge in [0, 0.05) is 5.56 Å². The van der Waals surface area contributed by atoms with Crippen LogP contribution in [0.1, 0.15) is 44.0 Å². The predicted molar refractivity (Wildman–Crippen MR) is 79.0 cm³/mol. The van der Waals surface area contributed by atoms with Crippen LogP contribution in [0.25, 0.3) is 0 Å². The van der Waals surface area contributed by atoms with Gasteiger partial charge in [0.15, 0.2) is 0 Å². The van der Waals surface area contributed by atoms with Crippen LogP contribution >= 0.6 is 0 Å². The lowest BCUT2D eigenvalue weighted by Crippen LogP contribution is -2.27. The Bertz CT molecular complexity index is 544. The number of carbonyl (C=O) groups excluding carboxylic acids is 2. The van der Waals surface area contributed by atoms with Gasteiger partial charge in [-0.15, -0.1) is 0 Å². The predicted octanol–water partition coefficient (Wildman–Crippen LogP) is 2.45. The lowest BCUT2D eigenvalue weighted by Gasteiger charge is -2.23. The summed E-state index contributed by atoms with van der Waals surface area (Å²) < 4.78 is 10.6. The van der Waals surface area contributed by atoms with Gasteiger partial charge in [-0.05, 0) is 44.5 Å². The third-order valence-corrected chi connectivity index (χ3v) is 3.13. The second kappa shape index (κ2) is 7.59. The van der Waals surface area contributed by atoms with Crippen molar-refractivity contribution < 1.29 is 29.0 Å². The third kappa shape index (κ3) is 5.55. The van der Waals surface area contributed by atoms with E-state index in [2.05, 4.69) is 0 Å². The van der Waals surface area contributed by atoms with E-state index in [1.165, 1.54) is 24.3 Å². The first-order valence-electron chi connectivity index (χ1n) is 6.97. The third-order valence-electron chi connectivity index (χ3n) is 3.13. The summed E-state index contributed by atoms with van der Waals surface area (Å²) in [5.74, 6) is -2.37. The molecule has 0 bridgehead atoms. The molecule has 0 heterocycles. The van der Waals surface area contributed by atoms with Crippen LogP contribution in [0.5, 0.6) is 5.75 Å². The molecule has 6 heteroatoms. The molecule has 0 amide bonds. The minimum Gasteiger partial charge on any atom is -0.493 e. The molecule has 0 atom stereocenters. The van der Waals surface area contributed by atoms with Crippen molar-refractivity contribution in [2.75, 3.05) is 6.61 Å². The quantitative estimate of drug-likeness (QED) is 0.451. The maximum Gasteiger partial charge on any atom is 0.377 e. The van der Waals surface area contributed by atoms with Gasteiger partial charge in [0.05, 0.1) is 13.0 Å². The van der Waals surface area contributed by atoms with E-state index in [0.29, 0.717) is 5.75 Å². The summed E-state index contributed by atoms with van der Waals surface area (Å²) in [6.07, 6.45) is 0.831. The van der Waals surface area contributed by atoms with Crippen LogP contribution in [0, 0.1) is 0 Å². The van der Waals surface area contributed by atoms with Gasteiger partial charge in [0.2, 0.25) is 0 Å². The number of carboxylic acid groups (broad SMARTS) is 1. The van der Waals surface area contributed by atoms with Crippen LogP contribution in [-0.4, -0.2) is 35.0 Å². The topological polar surface area (TPSA) is 89.9 Å². The standard InChI is InChI=1S/C16H20O6/c1-4-16(2,3)22-13(17)9-10-21-12-7-5-11(6-8-12)14(18)15(19)20/h5-8H,4,9-10H2,1-3H3,(H,19,20). The normalized spacial score (nSPS) is 10.9. The maximum absolute atomic E-state index is 11.6. The summed E-state index contributed by atoms with van der Waals surface area (Å²) in [5, 5.41) is 8.59. The number of hydrogen-bond acceptors (Lipinski definition) is 5. The van der Waals surface area contributed by atoms with Gasteiger partial charge >= 0.3 is 11.9 Å². The van der Waals surface area contributed by atoms with Gasteiger partial charge in [-0.1, -0.05) is 6.92 Å². The molecule has 0 aliphatic heterocycles. The number of aliphatic carboxylic acids is 1. The lowest BCUT2D eigenvalue weighted by atomic mass is 10.1. The van der Waals surface area contributed by atoms with E-state index >= 15 is 0 Å². The van der Waals surface area contributed by atoms with Gasteiger partial charge in [0.25, 0.3) is 5.78 Å². The number of benzene rings is 1. The van der Waals surface area contributed by atoms with Crippen LogP contribution in [0.2, 0.25) is 0 Å². The number of rotatable bonds is 8. The molecule has 0 aromatic heterocycles. The van der Waals surface area contributed by atoms with Crippen molar-refractivity contribution in [3.05, 3.63) is 29.8 Å². The molecule has 0 radical (unpaired) electrons. The first-order valence-corrected chi connectivity index (χ1v) is 6.97. The van der Waals surface area contributed by atoms with E-state index in [0.717, 1.165) is 6.42 Å². The number of carboxylic acids is 1. The lowest BCUT2D eigenvalue weighted by molar-refractivity contribution is -0.157. The second-order valence-corrected chi connectivity index (χ2v) is 5.34. The number of carbonyl (C=O) groups is 3. The van der Waals surface area contributed by atoms with Crippen molar-refractivity contribution in [2.45, 2.75) is 39.2 Å². The Labute approximate surface area is 129 Å². The zero-order valence-corrected chi connectivity index (χ0v) is 12.9. The summed E-state index contributed by atoms with van der Waals surface area (Å²) in [5.41, 5.74) is -0.417. The molecule has 0 aliphatic carbocycles. The van der Waals surface area contributed by atoms with Crippen LogP contribution in [0.15, 0.2) is 24.3 Å². The minimum absolute atomic E-state index is 0.0731. The van der Waals surface area contributed by atoms with E-state index in [1.807, 2.05) is 20.8 Å². The van der Waals surface area contributed by atoms with Crippen molar-refractivity contribution >= 4 is 17.7 Å². The second-order valence-electron chi connectivity index (χ2n) is 5.34. The fourth-order valence-corrected chi connectivity index (χ4v) is 1.51. The Morgan fingerprint density at radius 3 is 2.23 bits per heavy atom. The average Bonchev–Trinajstić information content (AvgIpc) is 2.46. The highest BCUT2D eigenvalue weighted by Crippen LogP contribution is 2.16. The smallest absolute Gasteiger partial charge is 0.377 e. The molecule has 0 saturated carbocycles. The molecule has 120 valence electrons. The summed E-state index contributed by atoms with van der Waals surface area (Å²) in [6, 6.07) is 5.70. The molecule has 0 aliphatic rings. The van der Waals surface area contributed by atoms with Gasteiger partial charge in [-0.2, -0.15) is 0 Å². The van der Waals surface area contributed by atoms with Crippen molar-refractivity contribution in [3.8, 4) is 5.75 Å². The summed E-state index contributed by atoms with van der Waals surface area (Å²) in [6.45, 7) is 5.75. The maximum atomic E-state index is 11.6. The Kier molecular flexibility index (Phi) is 6.10. The Balaban J connectivity index is 2.44. The van der Waals surface area contributed by atoms with E-state index in [9.17, 15) is 14.4 Å². The Morgan fingerprint density at radius 1 is 1.14 bits per heavy atom. The molecular weight excluding hydrogens is 288 g/mol. The highest BCUT2D eigenvalue weighted by molar-refractivity contribution is 6.39. The Hall–Kier alpha value is -2.37. The summed E-state index contributed by atoms with van der Waals surface area (Å²) in [7, 11) is 0. The van der Waals surface area contributed by atoms with Crippen LogP contribution in [0.4, 0.5) is 0 Å². The molecule has 1 aromatic carbocycles. The average molecular weight is 308 g/mol. The minimum atomic E-state index is -1.50. The number of Topliss-reactive ketones (excluding diaryl/α,β-unsaturated/α-hetero) is 1. The number of hydrogen-bond donors (Lipinski definition) is 1. The van der Waals surface area contributed by atoms with E-state index in [4.69, 9.17) is 14.6 Å². The number of ketones is 1. The molecule has 6 nitrogen and oxygen atoms in total. The van der Waals surface area contributed by atoms with Gasteiger partial charge in [0.1, 0.15) is 11.4 Å². The van der Waals surface area contributed by atoms with Crippen LogP contribution in [0.3, 0.4) is 0 Å². The molecule has 0 saturated heterocycles. The van der Waals surface area contributed by atoms with Gasteiger partial charge < -0.3 is 14.6 Å². The SMILES string of the molecule is CCC(C)(C)OC(=O)CCOc1ccc(C(=O)C(=O)O)cc1. The van der Waals surface area contributed by atoms with Crippen LogP contribution in [-0.2, 0) is 14.3 Å². The van der Waals surface area contributed by atoms with Crippen molar-refractivity contribution in [2.24, 2.45) is 0 Å². The summed E-state index contributed by atoms with van der Waals surface area (Å²) >= 11 is 0. The number of ether oxygens (including phenoxy) is 2. The molecule has 1 aromatic rings. The monoisotopic (exact) mass is 308 g/mol. The Morgan fingerprint density at radius 2 is 1.73 bits per heavy atom. The van der Waals surface area contributed by atoms with Crippen molar-refractivity contribution in [1.29, 1.82) is 0 Å². The highest BCUT2D eigenvalue weighted by atomic mass is 16.6. The highest BCUT2D eigenvalue weighted by Gasteiger charge is 2.20. The van der Waals surface area contributed by atoms with E-state index < -0.39 is 17.4 Å². The zero-order valence-electron chi connectivity index (χ0n) is 12.9. The van der Waals surface area contributed by atoms with Crippen molar-refractivity contribution in [1.82, 2.24) is 0 Å².